The van der Waals surface area contributed by atoms with E-state index in [4.69, 9.17) is 17.3 Å². The van der Waals surface area contributed by atoms with E-state index in [1.807, 2.05) is 18.2 Å². The summed E-state index contributed by atoms with van der Waals surface area (Å²) in [7, 11) is 0. The third-order valence-corrected chi connectivity index (χ3v) is 2.01. The molecule has 0 aliphatic carbocycles. The fraction of sp³-hybridized carbons (Fsp3) is 0. The van der Waals surface area contributed by atoms with Crippen LogP contribution in [0, 0.1) is 0 Å². The molecule has 5 heteroatoms. The van der Waals surface area contributed by atoms with E-state index in [0.29, 0.717) is 22.5 Å². The molecular weight excluding hydrogens is 212 g/mol. The Labute approximate surface area is 92.1 Å². The van der Waals surface area contributed by atoms with Crippen LogP contribution in [0.4, 0.5) is 17.3 Å². The zero-order valence-corrected chi connectivity index (χ0v) is 8.57. The monoisotopic (exact) mass is 220 g/mol. The van der Waals surface area contributed by atoms with Crippen LogP contribution in [0.2, 0.25) is 5.15 Å². The van der Waals surface area contributed by atoms with Gasteiger partial charge in [-0.1, -0.05) is 17.7 Å². The number of nitrogens with zero attached hydrogens (tertiary/aromatic N) is 2. The van der Waals surface area contributed by atoms with E-state index in [1.165, 1.54) is 0 Å². The fourth-order valence-corrected chi connectivity index (χ4v) is 1.25. The van der Waals surface area contributed by atoms with E-state index in [1.54, 1.807) is 18.3 Å². The molecule has 2 aromatic heterocycles. The highest BCUT2D eigenvalue weighted by atomic mass is 35.5. The summed E-state index contributed by atoms with van der Waals surface area (Å²) in [6.07, 6.45) is 1.68. The standard InChI is InChI=1S/C10H9ClN4/c11-8-5-4-7(12)10(14-8)15-9-3-1-2-6-13-9/h1-6H,12H2,(H,13,14,15). The van der Waals surface area contributed by atoms with Crippen LogP contribution in [0.25, 0.3) is 0 Å². The minimum absolute atomic E-state index is 0.391. The highest BCUT2D eigenvalue weighted by molar-refractivity contribution is 6.29. The van der Waals surface area contributed by atoms with E-state index in [2.05, 4.69) is 15.3 Å². The van der Waals surface area contributed by atoms with Crippen molar-refractivity contribution in [3.63, 3.8) is 0 Å². The summed E-state index contributed by atoms with van der Waals surface area (Å²) in [6, 6.07) is 8.86. The number of pyridine rings is 2. The number of hydrogen-bond donors (Lipinski definition) is 2. The molecule has 76 valence electrons. The molecule has 2 rings (SSSR count). The van der Waals surface area contributed by atoms with Crippen LogP contribution in [-0.4, -0.2) is 9.97 Å². The van der Waals surface area contributed by atoms with Crippen molar-refractivity contribution in [2.45, 2.75) is 0 Å². The molecule has 3 N–H and O–H groups in total. The van der Waals surface area contributed by atoms with Gasteiger partial charge in [0.15, 0.2) is 5.82 Å². The topological polar surface area (TPSA) is 63.8 Å². The van der Waals surface area contributed by atoms with Gasteiger partial charge in [0.05, 0.1) is 5.69 Å². The maximum absolute atomic E-state index is 5.76. The van der Waals surface area contributed by atoms with Gasteiger partial charge in [0.1, 0.15) is 11.0 Å². The maximum atomic E-state index is 5.76. The quantitative estimate of drug-likeness (QED) is 0.764. The van der Waals surface area contributed by atoms with Gasteiger partial charge in [0, 0.05) is 6.20 Å². The second-order valence-electron chi connectivity index (χ2n) is 2.91. The Morgan fingerprint density at radius 1 is 1.20 bits per heavy atom. The van der Waals surface area contributed by atoms with Crippen LogP contribution in [0.15, 0.2) is 36.5 Å². The lowest BCUT2D eigenvalue weighted by atomic mass is 10.4. The van der Waals surface area contributed by atoms with E-state index >= 15 is 0 Å². The van der Waals surface area contributed by atoms with Crippen molar-refractivity contribution in [3.05, 3.63) is 41.7 Å². The third-order valence-electron chi connectivity index (χ3n) is 1.80. The molecule has 0 aromatic carbocycles. The average Bonchev–Trinajstić information content (AvgIpc) is 2.25. The first-order chi connectivity index (χ1) is 7.25. The molecule has 15 heavy (non-hydrogen) atoms. The third kappa shape index (κ3) is 2.35. The predicted molar refractivity (Wildman–Crippen MR) is 61.2 cm³/mol. The van der Waals surface area contributed by atoms with Crippen LogP contribution in [0.5, 0.6) is 0 Å². The van der Waals surface area contributed by atoms with Crippen molar-refractivity contribution in [3.8, 4) is 0 Å². The number of aromatic nitrogens is 2. The minimum atomic E-state index is 0.391. The SMILES string of the molecule is Nc1ccc(Cl)nc1Nc1ccccn1. The maximum Gasteiger partial charge on any atom is 0.156 e. The van der Waals surface area contributed by atoms with E-state index in [9.17, 15) is 0 Å². The highest BCUT2D eigenvalue weighted by Gasteiger charge is 2.02. The van der Waals surface area contributed by atoms with Crippen LogP contribution in [-0.2, 0) is 0 Å². The number of hydrogen-bond acceptors (Lipinski definition) is 4. The van der Waals surface area contributed by atoms with E-state index in [-0.39, 0.29) is 0 Å². The molecule has 0 radical (unpaired) electrons. The largest absolute Gasteiger partial charge is 0.396 e. The molecule has 0 aliphatic rings. The lowest BCUT2D eigenvalue weighted by Crippen LogP contribution is -2.00. The van der Waals surface area contributed by atoms with Gasteiger partial charge in [-0.3, -0.25) is 0 Å². The summed E-state index contributed by atoms with van der Waals surface area (Å²) >= 11 is 5.76. The first-order valence-corrected chi connectivity index (χ1v) is 4.73. The van der Waals surface area contributed by atoms with Crippen LogP contribution < -0.4 is 11.1 Å². The van der Waals surface area contributed by atoms with Gasteiger partial charge in [-0.15, -0.1) is 0 Å². The Kier molecular flexibility index (Phi) is 2.69. The summed E-state index contributed by atoms with van der Waals surface area (Å²) in [5.74, 6) is 1.19. The minimum Gasteiger partial charge on any atom is -0.396 e. The lowest BCUT2D eigenvalue weighted by molar-refractivity contribution is 1.25. The molecule has 0 atom stereocenters. The number of rotatable bonds is 2. The predicted octanol–water partition coefficient (Wildman–Crippen LogP) is 2.46. The Bertz CT molecular complexity index is 458. The summed E-state index contributed by atoms with van der Waals surface area (Å²) < 4.78 is 0. The number of nitrogens with two attached hydrogens (primary N) is 1. The summed E-state index contributed by atoms with van der Waals surface area (Å²) in [4.78, 5) is 8.15. The normalized spacial score (nSPS) is 9.93. The Morgan fingerprint density at radius 3 is 2.80 bits per heavy atom. The van der Waals surface area contributed by atoms with Gasteiger partial charge in [-0.05, 0) is 24.3 Å². The van der Waals surface area contributed by atoms with E-state index in [0.717, 1.165) is 0 Å². The summed E-state index contributed by atoms with van der Waals surface area (Å²) in [5.41, 5.74) is 6.26. The molecule has 0 aliphatic heterocycles. The van der Waals surface area contributed by atoms with Gasteiger partial charge < -0.3 is 11.1 Å². The van der Waals surface area contributed by atoms with Crippen LogP contribution in [0.1, 0.15) is 0 Å². The lowest BCUT2D eigenvalue weighted by Gasteiger charge is -2.06. The van der Waals surface area contributed by atoms with Gasteiger partial charge in [-0.25, -0.2) is 9.97 Å². The number of nitrogens with one attached hydrogen (secondary N) is 1. The molecule has 0 amide bonds. The Morgan fingerprint density at radius 2 is 2.07 bits per heavy atom. The van der Waals surface area contributed by atoms with Gasteiger partial charge >= 0.3 is 0 Å². The molecule has 0 bridgehead atoms. The first kappa shape index (κ1) is 9.73. The van der Waals surface area contributed by atoms with Crippen molar-refractivity contribution >= 4 is 28.9 Å². The van der Waals surface area contributed by atoms with Crippen LogP contribution >= 0.6 is 11.6 Å². The Hall–Kier alpha value is -1.81. The molecule has 0 fully saturated rings. The van der Waals surface area contributed by atoms with E-state index < -0.39 is 0 Å². The fourth-order valence-electron chi connectivity index (χ4n) is 1.10. The van der Waals surface area contributed by atoms with Crippen molar-refractivity contribution in [1.29, 1.82) is 0 Å². The van der Waals surface area contributed by atoms with Gasteiger partial charge in [0.2, 0.25) is 0 Å². The van der Waals surface area contributed by atoms with Crippen molar-refractivity contribution in [1.82, 2.24) is 9.97 Å². The van der Waals surface area contributed by atoms with Crippen molar-refractivity contribution in [2.75, 3.05) is 11.1 Å². The second-order valence-corrected chi connectivity index (χ2v) is 3.30. The van der Waals surface area contributed by atoms with Gasteiger partial charge in [0.25, 0.3) is 0 Å². The molecular formula is C10H9ClN4. The molecule has 2 aromatic rings. The average molecular weight is 221 g/mol. The highest BCUT2D eigenvalue weighted by Crippen LogP contribution is 2.21. The molecule has 0 saturated heterocycles. The number of anilines is 3. The van der Waals surface area contributed by atoms with Crippen molar-refractivity contribution < 1.29 is 0 Å². The van der Waals surface area contributed by atoms with Crippen molar-refractivity contribution in [2.24, 2.45) is 0 Å². The first-order valence-electron chi connectivity index (χ1n) is 4.36. The molecule has 2 heterocycles. The second kappa shape index (κ2) is 4.14. The molecule has 0 spiro atoms. The zero-order valence-electron chi connectivity index (χ0n) is 7.81. The zero-order chi connectivity index (χ0) is 10.7. The molecule has 4 nitrogen and oxygen atoms in total. The molecule has 0 unspecified atom stereocenters. The van der Waals surface area contributed by atoms with Gasteiger partial charge in [-0.2, -0.15) is 0 Å². The number of halogens is 1. The number of nitrogen functional groups attached to an aromatic ring is 1. The van der Waals surface area contributed by atoms with Crippen LogP contribution in [0.3, 0.4) is 0 Å². The Balaban J connectivity index is 2.28. The summed E-state index contributed by atoms with van der Waals surface area (Å²) in [6.45, 7) is 0. The molecule has 0 saturated carbocycles. The summed E-state index contributed by atoms with van der Waals surface area (Å²) in [5, 5.41) is 3.37. The smallest absolute Gasteiger partial charge is 0.156 e.